The lowest BCUT2D eigenvalue weighted by molar-refractivity contribution is 0.108. The van der Waals surface area contributed by atoms with E-state index in [1.165, 1.54) is 7.11 Å². The van der Waals surface area contributed by atoms with Crippen molar-refractivity contribution in [2.24, 2.45) is 4.99 Å². The Kier molecular flexibility index (Phi) is 6.84. The normalized spacial score (nSPS) is 24.4. The molecular formula is C25H31N3O5S. The van der Waals surface area contributed by atoms with Gasteiger partial charge in [-0.1, -0.05) is 36.4 Å². The first-order valence-electron chi connectivity index (χ1n) is 11.5. The summed E-state index contributed by atoms with van der Waals surface area (Å²) < 4.78 is 38.6. The Morgan fingerprint density at radius 1 is 1.15 bits per heavy atom. The molecule has 1 heterocycles. The first-order chi connectivity index (χ1) is 16.2. The van der Waals surface area contributed by atoms with E-state index >= 15 is 0 Å². The number of carbonyl (C=O) groups excluding carboxylic acids is 1. The molecule has 182 valence electrons. The number of methoxy groups -OCH3 is 1. The summed E-state index contributed by atoms with van der Waals surface area (Å²) in [5, 5.41) is 2.97. The average Bonchev–Trinajstić information content (AvgIpc) is 3.09. The van der Waals surface area contributed by atoms with Crippen molar-refractivity contribution in [2.75, 3.05) is 13.7 Å². The van der Waals surface area contributed by atoms with E-state index in [1.807, 2.05) is 32.0 Å². The fourth-order valence-corrected chi connectivity index (χ4v) is 6.03. The molecule has 1 aliphatic heterocycles. The van der Waals surface area contributed by atoms with Crippen LogP contribution in [0.25, 0.3) is 0 Å². The Morgan fingerprint density at radius 3 is 2.50 bits per heavy atom. The number of amidine groups is 1. The Morgan fingerprint density at radius 2 is 1.85 bits per heavy atom. The maximum Gasteiger partial charge on any atom is 0.407 e. The van der Waals surface area contributed by atoms with Gasteiger partial charge in [-0.2, -0.15) is 0 Å². The molecule has 0 spiro atoms. The van der Waals surface area contributed by atoms with E-state index in [9.17, 15) is 13.2 Å². The van der Waals surface area contributed by atoms with Gasteiger partial charge in [0.2, 0.25) is 0 Å². The predicted octanol–water partition coefficient (Wildman–Crippen LogP) is 3.75. The van der Waals surface area contributed by atoms with E-state index in [0.29, 0.717) is 23.7 Å². The van der Waals surface area contributed by atoms with Gasteiger partial charge in [0.05, 0.1) is 25.3 Å². The molecule has 0 bridgehead atoms. The number of aliphatic imine (C=N–C) groups is 1. The fraction of sp³-hybridized carbons (Fsp3) is 0.440. The average molecular weight is 486 g/mol. The van der Waals surface area contributed by atoms with E-state index in [-0.39, 0.29) is 22.5 Å². The number of benzene rings is 2. The van der Waals surface area contributed by atoms with Crippen LogP contribution in [0.5, 0.6) is 5.75 Å². The highest BCUT2D eigenvalue weighted by molar-refractivity contribution is 7.90. The second-order valence-corrected chi connectivity index (χ2v) is 10.8. The molecule has 8 nitrogen and oxygen atoms in total. The van der Waals surface area contributed by atoms with Crippen molar-refractivity contribution >= 4 is 22.0 Å². The van der Waals surface area contributed by atoms with E-state index in [2.05, 4.69) is 22.2 Å². The van der Waals surface area contributed by atoms with Crippen molar-refractivity contribution < 1.29 is 22.7 Å². The number of ether oxygens (including phenoxy) is 2. The molecule has 1 aliphatic carbocycles. The summed E-state index contributed by atoms with van der Waals surface area (Å²) in [5.74, 6) is 0.777. The zero-order valence-corrected chi connectivity index (χ0v) is 20.5. The second kappa shape index (κ2) is 9.66. The SMILES string of the molecule is COc1cccc2c1C(=NCC1(c3ccccc3)CCC(NC(=O)OC(C)C)CC1)NS2(=O)=O. The molecule has 0 saturated heterocycles. The van der Waals surface area contributed by atoms with Crippen LogP contribution >= 0.6 is 0 Å². The molecule has 1 saturated carbocycles. The van der Waals surface area contributed by atoms with Crippen molar-refractivity contribution in [1.29, 1.82) is 0 Å². The number of alkyl carbamates (subject to hydrolysis) is 1. The van der Waals surface area contributed by atoms with Gasteiger partial charge in [0, 0.05) is 11.5 Å². The van der Waals surface area contributed by atoms with Crippen LogP contribution in [0.1, 0.15) is 50.7 Å². The standard InChI is InChI=1S/C25H31N3O5S/c1-17(2)33-24(29)27-19-12-14-25(15-13-19,18-8-5-4-6-9-18)16-26-23-22-20(32-3)10-7-11-21(22)34(30,31)28-23/h4-11,17,19H,12-16H2,1-3H3,(H,26,28)(H,27,29). The molecule has 0 unspecified atom stereocenters. The highest BCUT2D eigenvalue weighted by Gasteiger charge is 2.39. The van der Waals surface area contributed by atoms with Gasteiger partial charge in [0.25, 0.3) is 10.0 Å². The molecule has 1 fully saturated rings. The van der Waals surface area contributed by atoms with Gasteiger partial charge in [0.15, 0.2) is 0 Å². The molecule has 0 atom stereocenters. The molecule has 4 rings (SSSR count). The van der Waals surface area contributed by atoms with E-state index < -0.39 is 16.1 Å². The van der Waals surface area contributed by atoms with Crippen LogP contribution in [0.15, 0.2) is 58.4 Å². The highest BCUT2D eigenvalue weighted by atomic mass is 32.2. The minimum Gasteiger partial charge on any atom is -0.496 e. The third-order valence-electron chi connectivity index (χ3n) is 6.50. The summed E-state index contributed by atoms with van der Waals surface area (Å²) in [6.45, 7) is 4.06. The topological polar surface area (TPSA) is 106 Å². The third-order valence-corrected chi connectivity index (χ3v) is 7.88. The predicted molar refractivity (Wildman–Crippen MR) is 130 cm³/mol. The first kappa shape index (κ1) is 24.1. The Labute approximate surface area is 200 Å². The number of hydrogen-bond donors (Lipinski definition) is 2. The summed E-state index contributed by atoms with van der Waals surface area (Å²) >= 11 is 0. The van der Waals surface area contributed by atoms with Crippen LogP contribution in [0.4, 0.5) is 4.79 Å². The van der Waals surface area contributed by atoms with Gasteiger partial charge in [0.1, 0.15) is 16.5 Å². The maximum atomic E-state index is 12.7. The number of hydrogen-bond acceptors (Lipinski definition) is 6. The van der Waals surface area contributed by atoms with Crippen LogP contribution in [0.2, 0.25) is 0 Å². The van der Waals surface area contributed by atoms with Crippen molar-refractivity contribution in [2.45, 2.75) is 62.0 Å². The van der Waals surface area contributed by atoms with Crippen LogP contribution in [0.3, 0.4) is 0 Å². The molecule has 2 aromatic carbocycles. The number of fused-ring (bicyclic) bond motifs is 1. The van der Waals surface area contributed by atoms with Gasteiger partial charge in [-0.15, -0.1) is 0 Å². The zero-order valence-electron chi connectivity index (χ0n) is 19.7. The first-order valence-corrected chi connectivity index (χ1v) is 13.0. The van der Waals surface area contributed by atoms with Gasteiger partial charge in [-0.3, -0.25) is 9.71 Å². The summed E-state index contributed by atoms with van der Waals surface area (Å²) in [5.41, 5.74) is 1.36. The van der Waals surface area contributed by atoms with E-state index in [4.69, 9.17) is 14.5 Å². The lowest BCUT2D eigenvalue weighted by Crippen LogP contribution is -2.44. The van der Waals surface area contributed by atoms with Crippen LogP contribution in [0, 0.1) is 0 Å². The number of nitrogens with zero attached hydrogens (tertiary/aromatic N) is 1. The summed E-state index contributed by atoms with van der Waals surface area (Å²) in [6, 6.07) is 15.1. The molecule has 2 aromatic rings. The lowest BCUT2D eigenvalue weighted by atomic mass is 9.68. The van der Waals surface area contributed by atoms with E-state index in [0.717, 1.165) is 31.2 Å². The van der Waals surface area contributed by atoms with Crippen molar-refractivity contribution in [3.05, 3.63) is 59.7 Å². The molecular weight excluding hydrogens is 454 g/mol. The summed E-state index contributed by atoms with van der Waals surface area (Å²) in [6.07, 6.45) is 2.59. The van der Waals surface area contributed by atoms with E-state index in [1.54, 1.807) is 18.2 Å². The third kappa shape index (κ3) is 4.89. The van der Waals surface area contributed by atoms with Gasteiger partial charge in [-0.25, -0.2) is 13.2 Å². The van der Waals surface area contributed by atoms with Crippen LogP contribution < -0.4 is 14.8 Å². The fourth-order valence-electron chi connectivity index (χ4n) is 4.77. The number of nitrogens with one attached hydrogen (secondary N) is 2. The van der Waals surface area contributed by atoms with Gasteiger partial charge in [-0.05, 0) is 57.2 Å². The number of rotatable bonds is 6. The number of amides is 1. The number of carbonyl (C=O) groups is 1. The lowest BCUT2D eigenvalue weighted by Gasteiger charge is -2.40. The molecule has 2 N–H and O–H groups in total. The molecule has 9 heteroatoms. The molecule has 0 radical (unpaired) electrons. The van der Waals surface area contributed by atoms with Crippen LogP contribution in [-0.4, -0.2) is 46.1 Å². The van der Waals surface area contributed by atoms with Crippen LogP contribution in [-0.2, 0) is 20.2 Å². The second-order valence-electron chi connectivity index (χ2n) is 9.12. The maximum absolute atomic E-state index is 12.7. The molecule has 2 aliphatic rings. The summed E-state index contributed by atoms with van der Waals surface area (Å²) in [7, 11) is -2.16. The van der Waals surface area contributed by atoms with Crippen molar-refractivity contribution in [1.82, 2.24) is 10.0 Å². The monoisotopic (exact) mass is 485 g/mol. The van der Waals surface area contributed by atoms with Gasteiger partial charge >= 0.3 is 6.09 Å². The Balaban J connectivity index is 1.59. The molecule has 34 heavy (non-hydrogen) atoms. The molecule has 1 amide bonds. The van der Waals surface area contributed by atoms with Crippen molar-refractivity contribution in [3.63, 3.8) is 0 Å². The largest absolute Gasteiger partial charge is 0.496 e. The quantitative estimate of drug-likeness (QED) is 0.648. The highest BCUT2D eigenvalue weighted by Crippen LogP contribution is 2.40. The molecule has 0 aromatic heterocycles. The number of sulfonamides is 1. The zero-order chi connectivity index (χ0) is 24.3. The minimum atomic E-state index is -3.68. The smallest absolute Gasteiger partial charge is 0.407 e. The van der Waals surface area contributed by atoms with Crippen molar-refractivity contribution in [3.8, 4) is 5.75 Å². The van der Waals surface area contributed by atoms with Gasteiger partial charge < -0.3 is 14.8 Å². The Hall–Kier alpha value is -3.07. The Bertz CT molecular complexity index is 1170. The minimum absolute atomic E-state index is 0.0292. The summed E-state index contributed by atoms with van der Waals surface area (Å²) in [4.78, 5) is 17.0.